The number of nitrogen functional groups attached to an aromatic ring is 2. The van der Waals surface area contributed by atoms with E-state index in [-0.39, 0.29) is 11.8 Å². The number of fused-ring (bicyclic) bond motifs is 2. The lowest BCUT2D eigenvalue weighted by Gasteiger charge is -2.28. The highest BCUT2D eigenvalue weighted by atomic mass is 32.1. The molecule has 12 nitrogen and oxygen atoms in total. The van der Waals surface area contributed by atoms with Gasteiger partial charge < -0.3 is 32.3 Å². The molecule has 0 spiro atoms. The monoisotopic (exact) mass is 804 g/mol. The molecule has 6 aromatic rings. The van der Waals surface area contributed by atoms with Crippen molar-refractivity contribution in [1.29, 1.82) is 0 Å². The first kappa shape index (κ1) is 40.2. The van der Waals surface area contributed by atoms with Crippen LogP contribution in [-0.4, -0.2) is 69.9 Å². The normalized spacial score (nSPS) is 15.3. The zero-order valence-corrected chi connectivity index (χ0v) is 34.1. The van der Waals surface area contributed by atoms with Crippen LogP contribution in [0.1, 0.15) is 80.6 Å². The molecule has 7 N–H and O–H groups in total. The Bertz CT molecular complexity index is 2280. The van der Waals surface area contributed by atoms with Crippen molar-refractivity contribution < 1.29 is 9.59 Å². The van der Waals surface area contributed by atoms with E-state index in [1.54, 1.807) is 12.4 Å². The highest BCUT2D eigenvalue weighted by Gasteiger charge is 2.19. The molecule has 0 saturated carbocycles. The van der Waals surface area contributed by atoms with Crippen LogP contribution in [0.3, 0.4) is 0 Å². The third kappa shape index (κ3) is 11.1. The van der Waals surface area contributed by atoms with Crippen LogP contribution in [0.15, 0.2) is 71.7 Å². The molecule has 8 rings (SSSR count). The summed E-state index contributed by atoms with van der Waals surface area (Å²) in [7, 11) is 2.19. The first-order valence-corrected chi connectivity index (χ1v) is 21.6. The van der Waals surface area contributed by atoms with Crippen LogP contribution >= 0.6 is 22.7 Å². The Hall–Kier alpha value is -5.02. The fourth-order valence-electron chi connectivity index (χ4n) is 7.51. The number of aryl methyl sites for hydroxylation is 2. The van der Waals surface area contributed by atoms with E-state index < -0.39 is 0 Å². The molecule has 2 aromatic carbocycles. The van der Waals surface area contributed by atoms with Gasteiger partial charge in [-0.25, -0.2) is 19.9 Å². The van der Waals surface area contributed by atoms with Crippen LogP contribution in [0.2, 0.25) is 0 Å². The first-order chi connectivity index (χ1) is 27.8. The maximum atomic E-state index is 12.5. The van der Waals surface area contributed by atoms with E-state index >= 15 is 0 Å². The fraction of sp³-hybridized carbons (Fsp3) is 0.395. The van der Waals surface area contributed by atoms with E-state index in [0.717, 1.165) is 94.7 Å². The molecule has 298 valence electrons. The molecular weight excluding hydrogens is 753 g/mol. The number of carbonyl (C=O) groups is 2. The highest BCUT2D eigenvalue weighted by Crippen LogP contribution is 2.24. The van der Waals surface area contributed by atoms with Crippen LogP contribution < -0.4 is 27.4 Å². The Kier molecular flexibility index (Phi) is 13.7. The minimum Gasteiger partial charge on any atom is -0.383 e. The first-order valence-electron chi connectivity index (χ1n) is 19.9. The number of nitrogens with one attached hydrogen (secondary N) is 3. The van der Waals surface area contributed by atoms with E-state index in [4.69, 9.17) is 11.5 Å². The van der Waals surface area contributed by atoms with Crippen molar-refractivity contribution in [2.75, 3.05) is 44.7 Å². The molecule has 4 aromatic heterocycles. The number of carbonyl (C=O) groups excluding carboxylic acids is 2. The number of hydrogen-bond donors (Lipinski definition) is 5. The van der Waals surface area contributed by atoms with Gasteiger partial charge in [0.25, 0.3) is 11.8 Å². The summed E-state index contributed by atoms with van der Waals surface area (Å²) < 4.78 is 0. The predicted octanol–water partition coefficient (Wildman–Crippen LogP) is 6.61. The molecule has 2 amide bonds. The number of aromatic nitrogens is 4. The Balaban J connectivity index is 0.000000174. The summed E-state index contributed by atoms with van der Waals surface area (Å²) in [4.78, 5) is 44.6. The second-order valence-electron chi connectivity index (χ2n) is 15.2. The van der Waals surface area contributed by atoms with Crippen LogP contribution in [0, 0.1) is 11.8 Å². The average Bonchev–Trinajstić information content (AvgIpc) is 3.93. The molecule has 0 radical (unpaired) electrons. The second kappa shape index (κ2) is 19.4. The minimum atomic E-state index is -0.118. The topological polar surface area (TPSA) is 177 Å². The number of benzene rings is 2. The van der Waals surface area contributed by atoms with E-state index in [1.807, 2.05) is 59.3 Å². The lowest BCUT2D eigenvalue weighted by Crippen LogP contribution is -2.30. The number of amides is 2. The summed E-state index contributed by atoms with van der Waals surface area (Å²) in [6.45, 7) is 5.53. The maximum Gasteiger partial charge on any atom is 0.280 e. The van der Waals surface area contributed by atoms with Gasteiger partial charge in [-0.3, -0.25) is 9.59 Å². The molecular formula is C43H52N10O2S2. The lowest BCUT2D eigenvalue weighted by atomic mass is 9.92. The molecule has 6 heterocycles. The van der Waals surface area contributed by atoms with Gasteiger partial charge in [-0.1, -0.05) is 24.3 Å². The summed E-state index contributed by atoms with van der Waals surface area (Å²) in [5, 5.41) is 18.4. The minimum absolute atomic E-state index is 0.116. The zero-order chi connectivity index (χ0) is 39.6. The van der Waals surface area contributed by atoms with Crippen molar-refractivity contribution in [2.24, 2.45) is 11.8 Å². The van der Waals surface area contributed by atoms with E-state index in [0.29, 0.717) is 34.7 Å². The van der Waals surface area contributed by atoms with Gasteiger partial charge in [-0.05, 0) is 143 Å². The summed E-state index contributed by atoms with van der Waals surface area (Å²) in [5.74, 6) is 2.36. The Labute approximate surface area is 341 Å². The van der Waals surface area contributed by atoms with Crippen LogP contribution in [0.4, 0.5) is 11.6 Å². The number of pyridine rings is 2. The van der Waals surface area contributed by atoms with Gasteiger partial charge in [0.2, 0.25) is 0 Å². The Morgan fingerprint density at radius 3 is 1.68 bits per heavy atom. The number of likely N-dealkylation sites (tertiary alicyclic amines) is 1. The van der Waals surface area contributed by atoms with Gasteiger partial charge in [0.15, 0.2) is 10.0 Å². The molecule has 0 aliphatic carbocycles. The molecule has 14 heteroatoms. The number of rotatable bonds is 12. The molecule has 0 atom stereocenters. The van der Waals surface area contributed by atoms with E-state index in [2.05, 4.69) is 47.8 Å². The number of nitrogens with zero attached hydrogens (tertiary/aromatic N) is 5. The highest BCUT2D eigenvalue weighted by molar-refractivity contribution is 7.12. The standard InChI is InChI=1S/C22H27N5OS.C21H25N5OS/c1-27-10-7-15(8-11-27)2-4-18-14-29-22(26-18)21(28)25-13-16-3-5-19-17(12-16)6-9-24-20(19)23;22-19-18-4-2-15(11-16(18)7-10-24-19)12-25-20(27)21-26-17(13-28-21)3-1-14-5-8-23-9-6-14/h3,5-6,9,12,14-15H,2,4,7-8,10-11,13H2,1H3,(H2,23,24)(H,25,28);2,4,7,10-11,13-14,23H,1,3,5-6,8-9,12H2,(H2,22,24)(H,25,27). The molecule has 2 fully saturated rings. The lowest BCUT2D eigenvalue weighted by molar-refractivity contribution is 0.0942. The average molecular weight is 805 g/mol. The van der Waals surface area contributed by atoms with Crippen molar-refractivity contribution in [3.05, 3.63) is 104 Å². The van der Waals surface area contributed by atoms with E-state index in [9.17, 15) is 9.59 Å². The molecule has 0 unspecified atom stereocenters. The van der Waals surface area contributed by atoms with Crippen LogP contribution in [0.25, 0.3) is 21.5 Å². The second-order valence-corrected chi connectivity index (χ2v) is 16.9. The van der Waals surface area contributed by atoms with Crippen molar-refractivity contribution in [1.82, 2.24) is 40.8 Å². The fourth-order valence-corrected chi connectivity index (χ4v) is 9.05. The Morgan fingerprint density at radius 2 is 1.19 bits per heavy atom. The van der Waals surface area contributed by atoms with Crippen molar-refractivity contribution in [3.63, 3.8) is 0 Å². The summed E-state index contributed by atoms with van der Waals surface area (Å²) in [5.41, 5.74) is 15.9. The van der Waals surface area contributed by atoms with Gasteiger partial charge in [-0.2, -0.15) is 0 Å². The van der Waals surface area contributed by atoms with Crippen LogP contribution in [0.5, 0.6) is 0 Å². The van der Waals surface area contributed by atoms with Gasteiger partial charge >= 0.3 is 0 Å². The van der Waals surface area contributed by atoms with Gasteiger partial charge in [-0.15, -0.1) is 22.7 Å². The molecule has 2 aliphatic heterocycles. The van der Waals surface area contributed by atoms with E-state index in [1.165, 1.54) is 61.4 Å². The maximum absolute atomic E-state index is 12.5. The summed E-state index contributed by atoms with van der Waals surface area (Å²) >= 11 is 2.85. The summed E-state index contributed by atoms with van der Waals surface area (Å²) in [6.07, 6.45) is 12.6. The number of thiazole rings is 2. The van der Waals surface area contributed by atoms with Gasteiger partial charge in [0.05, 0.1) is 11.4 Å². The number of piperidine rings is 2. The van der Waals surface area contributed by atoms with Crippen LogP contribution in [-0.2, 0) is 25.9 Å². The van der Waals surface area contributed by atoms with Gasteiger partial charge in [0.1, 0.15) is 11.6 Å². The van der Waals surface area contributed by atoms with Gasteiger partial charge in [0, 0.05) is 47.0 Å². The number of anilines is 2. The van der Waals surface area contributed by atoms with Crippen molar-refractivity contribution in [3.8, 4) is 0 Å². The van der Waals surface area contributed by atoms with Crippen molar-refractivity contribution in [2.45, 2.75) is 64.5 Å². The molecule has 2 aliphatic rings. The zero-order valence-electron chi connectivity index (χ0n) is 32.5. The largest absolute Gasteiger partial charge is 0.383 e. The quantitative estimate of drug-likeness (QED) is 0.0905. The third-order valence-corrected chi connectivity index (χ3v) is 12.8. The third-order valence-electron chi connectivity index (χ3n) is 11.0. The van der Waals surface area contributed by atoms with Crippen molar-refractivity contribution >= 4 is 67.7 Å². The number of nitrogens with two attached hydrogens (primary N) is 2. The smallest absolute Gasteiger partial charge is 0.280 e. The number of hydrogen-bond acceptors (Lipinski definition) is 12. The molecule has 0 bridgehead atoms. The SMILES string of the molecule is CN1CCC(CCc2csc(C(=O)NCc3ccc4c(N)nccc4c3)n2)CC1.Nc1nccc2cc(CNC(=O)c3nc(CCC4CCNCC4)cs3)ccc12. The molecule has 2 saturated heterocycles. The Morgan fingerprint density at radius 1 is 0.719 bits per heavy atom. The predicted molar refractivity (Wildman–Crippen MR) is 231 cm³/mol. The molecule has 57 heavy (non-hydrogen) atoms. The summed E-state index contributed by atoms with van der Waals surface area (Å²) in [6, 6.07) is 15.7.